The first-order chi connectivity index (χ1) is 9.35. The topological polar surface area (TPSA) is 39.6 Å². The highest BCUT2D eigenvalue weighted by Crippen LogP contribution is 2.24. The summed E-state index contributed by atoms with van der Waals surface area (Å²) in [5.74, 6) is 0.504. The molecule has 0 radical (unpaired) electrons. The maximum Gasteiger partial charge on any atom is 0.0543 e. The molecule has 0 spiro atoms. The van der Waals surface area contributed by atoms with Crippen LogP contribution >= 0.6 is 0 Å². The van der Waals surface area contributed by atoms with Crippen molar-refractivity contribution >= 4 is 0 Å². The molecule has 0 saturated carbocycles. The molecule has 1 aromatic heterocycles. The highest BCUT2D eigenvalue weighted by atomic mass is 16.3. The highest BCUT2D eigenvalue weighted by Gasteiger charge is 2.32. The van der Waals surface area contributed by atoms with Crippen LogP contribution in [0.4, 0.5) is 0 Å². The van der Waals surface area contributed by atoms with Gasteiger partial charge in [0.1, 0.15) is 0 Å². The summed E-state index contributed by atoms with van der Waals surface area (Å²) in [5.41, 5.74) is 1.16. The molecular weight excluding hydrogens is 238 g/mol. The lowest BCUT2D eigenvalue weighted by molar-refractivity contribution is 0.194. The molecule has 104 valence electrons. The van der Waals surface area contributed by atoms with Crippen molar-refractivity contribution in [2.75, 3.05) is 32.8 Å². The van der Waals surface area contributed by atoms with Crippen LogP contribution in [0.25, 0.3) is 0 Å². The minimum absolute atomic E-state index is 0.348. The molecule has 2 fully saturated rings. The highest BCUT2D eigenvalue weighted by molar-refractivity contribution is 5.04. The van der Waals surface area contributed by atoms with Gasteiger partial charge in [-0.15, -0.1) is 0 Å². The maximum atomic E-state index is 9.23. The Bertz CT molecular complexity index is 398. The molecule has 0 amide bonds. The molecule has 4 heteroatoms. The number of likely N-dealkylation sites (tertiary alicyclic amines) is 2. The first kappa shape index (κ1) is 13.0. The van der Waals surface area contributed by atoms with Crippen molar-refractivity contribution in [3.05, 3.63) is 30.1 Å². The van der Waals surface area contributed by atoms with Gasteiger partial charge < -0.3 is 5.11 Å². The lowest BCUT2D eigenvalue weighted by atomic mass is 10.1. The maximum absolute atomic E-state index is 9.23. The SMILES string of the molecule is OCC1CCN(C2CCN(Cc3ccccn3)C2)C1. The van der Waals surface area contributed by atoms with E-state index in [1.165, 1.54) is 13.0 Å². The van der Waals surface area contributed by atoms with E-state index in [2.05, 4.69) is 26.9 Å². The number of hydrogen-bond acceptors (Lipinski definition) is 4. The molecule has 0 aliphatic carbocycles. The third kappa shape index (κ3) is 3.14. The van der Waals surface area contributed by atoms with E-state index in [0.717, 1.165) is 38.3 Å². The lowest BCUT2D eigenvalue weighted by Gasteiger charge is -2.24. The van der Waals surface area contributed by atoms with E-state index in [0.29, 0.717) is 18.6 Å². The van der Waals surface area contributed by atoms with Gasteiger partial charge in [-0.1, -0.05) is 6.07 Å². The van der Waals surface area contributed by atoms with E-state index in [4.69, 9.17) is 0 Å². The van der Waals surface area contributed by atoms with E-state index in [-0.39, 0.29) is 0 Å². The second-order valence-electron chi connectivity index (χ2n) is 5.83. The van der Waals surface area contributed by atoms with Crippen LogP contribution in [0.3, 0.4) is 0 Å². The van der Waals surface area contributed by atoms with Gasteiger partial charge in [0.15, 0.2) is 0 Å². The van der Waals surface area contributed by atoms with Gasteiger partial charge in [0, 0.05) is 45.0 Å². The third-order valence-electron chi connectivity index (χ3n) is 4.45. The number of aliphatic hydroxyl groups is 1. The Kier molecular flexibility index (Phi) is 4.11. The Morgan fingerprint density at radius 2 is 2.16 bits per heavy atom. The number of rotatable bonds is 4. The minimum atomic E-state index is 0.348. The molecule has 0 bridgehead atoms. The third-order valence-corrected chi connectivity index (χ3v) is 4.45. The average molecular weight is 261 g/mol. The van der Waals surface area contributed by atoms with Crippen molar-refractivity contribution in [3.63, 3.8) is 0 Å². The first-order valence-electron chi connectivity index (χ1n) is 7.32. The lowest BCUT2D eigenvalue weighted by Crippen LogP contribution is -2.36. The van der Waals surface area contributed by atoms with Gasteiger partial charge in [0.2, 0.25) is 0 Å². The Balaban J connectivity index is 1.50. The van der Waals surface area contributed by atoms with Gasteiger partial charge in [-0.25, -0.2) is 0 Å². The molecule has 2 aliphatic heterocycles. The van der Waals surface area contributed by atoms with Crippen LogP contribution < -0.4 is 0 Å². The summed E-state index contributed by atoms with van der Waals surface area (Å²) in [4.78, 5) is 9.47. The summed E-state index contributed by atoms with van der Waals surface area (Å²) in [5, 5.41) is 9.23. The Hall–Kier alpha value is -0.970. The standard InChI is InChI=1S/C15H23N3O/c19-12-13-4-8-18(9-13)15-5-7-17(11-15)10-14-3-1-2-6-16-14/h1-3,6,13,15,19H,4-5,7-12H2. The molecule has 3 heterocycles. The zero-order valence-corrected chi connectivity index (χ0v) is 11.4. The summed E-state index contributed by atoms with van der Waals surface area (Å²) >= 11 is 0. The fourth-order valence-corrected chi connectivity index (χ4v) is 3.32. The van der Waals surface area contributed by atoms with Crippen molar-refractivity contribution in [2.24, 2.45) is 5.92 Å². The minimum Gasteiger partial charge on any atom is -0.396 e. The van der Waals surface area contributed by atoms with Crippen molar-refractivity contribution in [1.29, 1.82) is 0 Å². The fraction of sp³-hybridized carbons (Fsp3) is 0.667. The molecule has 0 aromatic carbocycles. The van der Waals surface area contributed by atoms with Crippen LogP contribution in [-0.2, 0) is 6.54 Å². The molecule has 1 aromatic rings. The van der Waals surface area contributed by atoms with Crippen molar-refractivity contribution in [1.82, 2.24) is 14.8 Å². The smallest absolute Gasteiger partial charge is 0.0543 e. The van der Waals surface area contributed by atoms with E-state index >= 15 is 0 Å². The Morgan fingerprint density at radius 1 is 1.21 bits per heavy atom. The largest absolute Gasteiger partial charge is 0.396 e. The van der Waals surface area contributed by atoms with Crippen LogP contribution in [0.2, 0.25) is 0 Å². The molecule has 2 unspecified atom stereocenters. The van der Waals surface area contributed by atoms with E-state index in [9.17, 15) is 5.11 Å². The summed E-state index contributed by atoms with van der Waals surface area (Å²) in [6, 6.07) is 6.81. The van der Waals surface area contributed by atoms with Crippen LogP contribution in [0, 0.1) is 5.92 Å². The first-order valence-corrected chi connectivity index (χ1v) is 7.32. The number of aliphatic hydroxyl groups excluding tert-OH is 1. The second kappa shape index (κ2) is 5.99. The summed E-state index contributed by atoms with van der Waals surface area (Å²) < 4.78 is 0. The van der Waals surface area contributed by atoms with Gasteiger partial charge in [0.05, 0.1) is 5.69 Å². The van der Waals surface area contributed by atoms with Crippen molar-refractivity contribution < 1.29 is 5.11 Å². The predicted octanol–water partition coefficient (Wildman–Crippen LogP) is 0.970. The molecule has 2 saturated heterocycles. The Labute approximate surface area is 115 Å². The fourth-order valence-electron chi connectivity index (χ4n) is 3.32. The van der Waals surface area contributed by atoms with Gasteiger partial charge in [-0.2, -0.15) is 0 Å². The van der Waals surface area contributed by atoms with E-state index in [1.54, 1.807) is 0 Å². The van der Waals surface area contributed by atoms with Gasteiger partial charge >= 0.3 is 0 Å². The van der Waals surface area contributed by atoms with Crippen molar-refractivity contribution in [2.45, 2.75) is 25.4 Å². The monoisotopic (exact) mass is 261 g/mol. The summed E-state index contributed by atoms with van der Waals surface area (Å²) in [6.45, 7) is 5.87. The number of hydrogen-bond donors (Lipinski definition) is 1. The predicted molar refractivity (Wildman–Crippen MR) is 74.7 cm³/mol. The molecule has 19 heavy (non-hydrogen) atoms. The van der Waals surface area contributed by atoms with Crippen LogP contribution in [0.5, 0.6) is 0 Å². The van der Waals surface area contributed by atoms with Gasteiger partial charge in [-0.3, -0.25) is 14.8 Å². The normalized spacial score (nSPS) is 29.1. The summed E-state index contributed by atoms with van der Waals surface area (Å²) in [6.07, 6.45) is 4.29. The number of aromatic nitrogens is 1. The van der Waals surface area contributed by atoms with Crippen LogP contribution in [0.15, 0.2) is 24.4 Å². The average Bonchev–Trinajstić information content (AvgIpc) is 3.08. The zero-order chi connectivity index (χ0) is 13.1. The molecule has 3 rings (SSSR count). The second-order valence-corrected chi connectivity index (χ2v) is 5.83. The molecular formula is C15H23N3O. The van der Waals surface area contributed by atoms with Crippen LogP contribution in [-0.4, -0.2) is 58.7 Å². The van der Waals surface area contributed by atoms with E-state index < -0.39 is 0 Å². The van der Waals surface area contributed by atoms with Gasteiger partial charge in [-0.05, 0) is 37.4 Å². The van der Waals surface area contributed by atoms with Gasteiger partial charge in [0.25, 0.3) is 0 Å². The molecule has 1 N–H and O–H groups in total. The molecule has 2 aliphatic rings. The van der Waals surface area contributed by atoms with E-state index in [1.807, 2.05) is 12.3 Å². The number of nitrogens with zero attached hydrogens (tertiary/aromatic N) is 3. The molecule has 2 atom stereocenters. The molecule has 4 nitrogen and oxygen atoms in total. The van der Waals surface area contributed by atoms with Crippen LogP contribution in [0.1, 0.15) is 18.5 Å². The zero-order valence-electron chi connectivity index (χ0n) is 11.4. The quantitative estimate of drug-likeness (QED) is 0.877. The van der Waals surface area contributed by atoms with Crippen molar-refractivity contribution in [3.8, 4) is 0 Å². The number of pyridine rings is 1. The Morgan fingerprint density at radius 3 is 2.89 bits per heavy atom. The summed E-state index contributed by atoms with van der Waals surface area (Å²) in [7, 11) is 0.